The summed E-state index contributed by atoms with van der Waals surface area (Å²) in [6, 6.07) is 8.09. The van der Waals surface area contributed by atoms with E-state index in [-0.39, 0.29) is 12.0 Å². The van der Waals surface area contributed by atoms with E-state index in [4.69, 9.17) is 0 Å². The number of aryl methyl sites for hydroxylation is 1. The normalized spacial score (nSPS) is 17.6. The second-order valence-corrected chi connectivity index (χ2v) is 7.22. The molecular formula is C17H23N3O2S. The SMILES string of the molecule is CC(O)CN1CCN(C(=O)CCc2nc3ccccc3s2)CC1. The van der Waals surface area contributed by atoms with Gasteiger partial charge < -0.3 is 10.0 Å². The van der Waals surface area contributed by atoms with E-state index >= 15 is 0 Å². The molecule has 0 saturated carbocycles. The van der Waals surface area contributed by atoms with Gasteiger partial charge in [-0.05, 0) is 19.1 Å². The largest absolute Gasteiger partial charge is 0.392 e. The highest BCUT2D eigenvalue weighted by molar-refractivity contribution is 7.18. The van der Waals surface area contributed by atoms with Crippen molar-refractivity contribution in [2.45, 2.75) is 25.9 Å². The molecule has 0 radical (unpaired) electrons. The van der Waals surface area contributed by atoms with Crippen LogP contribution in [0.25, 0.3) is 10.2 Å². The quantitative estimate of drug-likeness (QED) is 0.906. The van der Waals surface area contributed by atoms with Gasteiger partial charge in [-0.15, -0.1) is 11.3 Å². The molecule has 1 saturated heterocycles. The van der Waals surface area contributed by atoms with Crippen LogP contribution in [0.4, 0.5) is 0 Å². The first-order valence-corrected chi connectivity index (χ1v) is 8.96. The lowest BCUT2D eigenvalue weighted by Gasteiger charge is -2.35. The number of aromatic nitrogens is 1. The van der Waals surface area contributed by atoms with Gasteiger partial charge in [0, 0.05) is 45.6 Å². The Labute approximate surface area is 140 Å². The molecule has 1 fully saturated rings. The van der Waals surface area contributed by atoms with Gasteiger partial charge in [0.2, 0.25) is 5.91 Å². The van der Waals surface area contributed by atoms with E-state index in [1.807, 2.05) is 23.1 Å². The van der Waals surface area contributed by atoms with Crippen molar-refractivity contribution >= 4 is 27.5 Å². The topological polar surface area (TPSA) is 56.7 Å². The van der Waals surface area contributed by atoms with Gasteiger partial charge in [-0.2, -0.15) is 0 Å². The molecule has 1 N–H and O–H groups in total. The Hall–Kier alpha value is -1.50. The Morgan fingerprint density at radius 1 is 1.30 bits per heavy atom. The van der Waals surface area contributed by atoms with Crippen LogP contribution in [0.5, 0.6) is 0 Å². The van der Waals surface area contributed by atoms with Gasteiger partial charge in [0.1, 0.15) is 0 Å². The molecule has 6 heteroatoms. The maximum absolute atomic E-state index is 12.4. The van der Waals surface area contributed by atoms with Gasteiger partial charge in [0.15, 0.2) is 0 Å². The predicted octanol–water partition coefficient (Wildman–Crippen LogP) is 1.75. The van der Waals surface area contributed by atoms with Crippen LogP contribution in [0.1, 0.15) is 18.4 Å². The molecule has 0 aliphatic carbocycles. The first-order valence-electron chi connectivity index (χ1n) is 8.14. The molecule has 3 rings (SSSR count). The lowest BCUT2D eigenvalue weighted by Crippen LogP contribution is -2.50. The molecule has 1 aliphatic heterocycles. The first-order chi connectivity index (χ1) is 11.1. The van der Waals surface area contributed by atoms with Gasteiger partial charge >= 0.3 is 0 Å². The number of para-hydroxylation sites is 1. The molecule has 1 amide bonds. The lowest BCUT2D eigenvalue weighted by molar-refractivity contribution is -0.133. The summed E-state index contributed by atoms with van der Waals surface area (Å²) in [5.41, 5.74) is 1.02. The molecule has 2 aromatic rings. The van der Waals surface area contributed by atoms with E-state index in [1.54, 1.807) is 18.3 Å². The Balaban J connectivity index is 1.48. The van der Waals surface area contributed by atoms with Crippen molar-refractivity contribution in [3.8, 4) is 0 Å². The number of carbonyl (C=O) groups is 1. The summed E-state index contributed by atoms with van der Waals surface area (Å²) in [4.78, 5) is 21.1. The van der Waals surface area contributed by atoms with Gasteiger partial charge in [0.05, 0.1) is 21.3 Å². The number of amides is 1. The predicted molar refractivity (Wildman–Crippen MR) is 92.6 cm³/mol. The summed E-state index contributed by atoms with van der Waals surface area (Å²) in [7, 11) is 0. The summed E-state index contributed by atoms with van der Waals surface area (Å²) in [5.74, 6) is 0.209. The minimum Gasteiger partial charge on any atom is -0.392 e. The highest BCUT2D eigenvalue weighted by atomic mass is 32.1. The number of thiazole rings is 1. The maximum atomic E-state index is 12.4. The fourth-order valence-electron chi connectivity index (χ4n) is 2.95. The number of rotatable bonds is 5. The number of hydrogen-bond donors (Lipinski definition) is 1. The third-order valence-corrected chi connectivity index (χ3v) is 5.23. The van der Waals surface area contributed by atoms with Crippen molar-refractivity contribution in [3.63, 3.8) is 0 Å². The van der Waals surface area contributed by atoms with Gasteiger partial charge in [-0.1, -0.05) is 12.1 Å². The molecule has 23 heavy (non-hydrogen) atoms. The molecule has 5 nitrogen and oxygen atoms in total. The first kappa shape index (κ1) is 16.4. The van der Waals surface area contributed by atoms with E-state index < -0.39 is 0 Å². The number of aliphatic hydroxyl groups is 1. The van der Waals surface area contributed by atoms with Crippen LogP contribution in [0.15, 0.2) is 24.3 Å². The molecule has 1 aromatic carbocycles. The molecule has 0 bridgehead atoms. The highest BCUT2D eigenvalue weighted by Gasteiger charge is 2.21. The van der Waals surface area contributed by atoms with Crippen molar-refractivity contribution < 1.29 is 9.90 Å². The van der Waals surface area contributed by atoms with Gasteiger partial charge in [0.25, 0.3) is 0 Å². The van der Waals surface area contributed by atoms with E-state index in [2.05, 4.69) is 16.0 Å². The molecule has 0 spiro atoms. The Kier molecular flexibility index (Phi) is 5.25. The van der Waals surface area contributed by atoms with Crippen LogP contribution in [0, 0.1) is 0 Å². The van der Waals surface area contributed by atoms with Crippen LogP contribution in [0.2, 0.25) is 0 Å². The number of piperazine rings is 1. The van der Waals surface area contributed by atoms with E-state index in [0.717, 1.165) is 36.7 Å². The number of carbonyl (C=O) groups excluding carboxylic acids is 1. The maximum Gasteiger partial charge on any atom is 0.223 e. The fraction of sp³-hybridized carbons (Fsp3) is 0.529. The zero-order valence-corrected chi connectivity index (χ0v) is 14.3. The van der Waals surface area contributed by atoms with Crippen LogP contribution in [-0.4, -0.2) is 64.6 Å². The van der Waals surface area contributed by atoms with Crippen LogP contribution < -0.4 is 0 Å². The molecule has 1 aliphatic rings. The molecule has 1 unspecified atom stereocenters. The standard InChI is InChI=1S/C17H23N3O2S/c1-13(21)12-19-8-10-20(11-9-19)17(22)7-6-16-18-14-4-2-3-5-15(14)23-16/h2-5,13,21H,6-12H2,1H3. The summed E-state index contributed by atoms with van der Waals surface area (Å²) in [5, 5.41) is 10.5. The fourth-order valence-corrected chi connectivity index (χ4v) is 3.92. The average molecular weight is 333 g/mol. The second-order valence-electron chi connectivity index (χ2n) is 6.11. The van der Waals surface area contributed by atoms with E-state index in [0.29, 0.717) is 19.4 Å². The van der Waals surface area contributed by atoms with Gasteiger partial charge in [-0.25, -0.2) is 4.98 Å². The number of nitrogens with zero attached hydrogens (tertiary/aromatic N) is 3. The number of hydrogen-bond acceptors (Lipinski definition) is 5. The number of fused-ring (bicyclic) bond motifs is 1. The number of aliphatic hydroxyl groups excluding tert-OH is 1. The lowest BCUT2D eigenvalue weighted by atomic mass is 10.2. The highest BCUT2D eigenvalue weighted by Crippen LogP contribution is 2.22. The van der Waals surface area contributed by atoms with Crippen molar-refractivity contribution in [2.75, 3.05) is 32.7 Å². The molecular weight excluding hydrogens is 310 g/mol. The van der Waals surface area contributed by atoms with Crippen molar-refractivity contribution in [1.29, 1.82) is 0 Å². The third-order valence-electron chi connectivity index (χ3n) is 4.14. The van der Waals surface area contributed by atoms with Crippen molar-refractivity contribution in [3.05, 3.63) is 29.3 Å². The van der Waals surface area contributed by atoms with Crippen molar-refractivity contribution in [2.24, 2.45) is 0 Å². The Morgan fingerprint density at radius 2 is 2.04 bits per heavy atom. The third kappa shape index (κ3) is 4.28. The summed E-state index contributed by atoms with van der Waals surface area (Å²) in [6.07, 6.45) is 0.929. The van der Waals surface area contributed by atoms with Gasteiger partial charge in [-0.3, -0.25) is 9.69 Å². The van der Waals surface area contributed by atoms with E-state index in [9.17, 15) is 9.90 Å². The molecule has 124 valence electrons. The summed E-state index contributed by atoms with van der Waals surface area (Å²) in [6.45, 7) is 5.69. The average Bonchev–Trinajstić information content (AvgIpc) is 2.95. The Bertz CT molecular complexity index is 630. The van der Waals surface area contributed by atoms with Crippen LogP contribution >= 0.6 is 11.3 Å². The summed E-state index contributed by atoms with van der Waals surface area (Å²) < 4.78 is 1.18. The zero-order chi connectivity index (χ0) is 16.2. The molecule has 1 aromatic heterocycles. The number of β-amino-alcohol motifs (C(OH)–C–C–N with tert-alkyl or cyclic N) is 1. The minimum absolute atomic E-state index is 0.209. The smallest absolute Gasteiger partial charge is 0.223 e. The minimum atomic E-state index is -0.309. The second kappa shape index (κ2) is 7.38. The zero-order valence-electron chi connectivity index (χ0n) is 13.4. The van der Waals surface area contributed by atoms with Crippen LogP contribution in [0.3, 0.4) is 0 Å². The van der Waals surface area contributed by atoms with E-state index in [1.165, 1.54) is 4.70 Å². The molecule has 1 atom stereocenters. The number of benzene rings is 1. The molecule has 2 heterocycles. The van der Waals surface area contributed by atoms with Crippen molar-refractivity contribution in [1.82, 2.24) is 14.8 Å². The van der Waals surface area contributed by atoms with Crippen LogP contribution in [-0.2, 0) is 11.2 Å². The monoisotopic (exact) mass is 333 g/mol. The Morgan fingerprint density at radius 3 is 2.74 bits per heavy atom. The summed E-state index contributed by atoms with van der Waals surface area (Å²) >= 11 is 1.68.